The van der Waals surface area contributed by atoms with Gasteiger partial charge in [0.2, 0.25) is 11.0 Å². The summed E-state index contributed by atoms with van der Waals surface area (Å²) in [4.78, 5) is 11.6. The van der Waals surface area contributed by atoms with Crippen molar-refractivity contribution in [3.05, 3.63) is 29.3 Å². The molecule has 120 valence electrons. The Morgan fingerprint density at radius 3 is 3.00 bits per heavy atom. The lowest BCUT2D eigenvalue weighted by Gasteiger charge is -2.08. The third kappa shape index (κ3) is 5.23. The van der Waals surface area contributed by atoms with E-state index in [1.165, 1.54) is 34.2 Å². The molecule has 0 aliphatic carbocycles. The molecule has 2 aromatic rings. The first-order valence-corrected chi connectivity index (χ1v) is 8.83. The van der Waals surface area contributed by atoms with Gasteiger partial charge in [0.05, 0.1) is 18.2 Å². The highest BCUT2D eigenvalue weighted by Gasteiger charge is 2.09. The van der Waals surface area contributed by atoms with Gasteiger partial charge in [0.15, 0.2) is 4.34 Å². The van der Waals surface area contributed by atoms with Crippen LogP contribution in [0.15, 0.2) is 22.5 Å². The molecule has 0 spiro atoms. The van der Waals surface area contributed by atoms with Crippen LogP contribution in [0.3, 0.4) is 0 Å². The number of nitriles is 1. The molecule has 0 saturated carbocycles. The van der Waals surface area contributed by atoms with E-state index in [9.17, 15) is 4.79 Å². The second-order valence-electron chi connectivity index (χ2n) is 4.79. The van der Waals surface area contributed by atoms with Gasteiger partial charge in [-0.15, -0.1) is 10.2 Å². The van der Waals surface area contributed by atoms with Gasteiger partial charge < -0.3 is 10.6 Å². The average Bonchev–Trinajstić information content (AvgIpc) is 2.98. The Hall–Kier alpha value is -2.11. The largest absolute Gasteiger partial charge is 0.354 e. The zero-order valence-electron chi connectivity index (χ0n) is 12.9. The molecule has 1 aromatic carbocycles. The maximum absolute atomic E-state index is 11.6. The molecular formula is C15H17N5OS2. The number of anilines is 2. The molecule has 0 aliphatic rings. The number of nitrogens with zero attached hydrogens (tertiary/aromatic N) is 3. The van der Waals surface area contributed by atoms with E-state index in [1.807, 2.05) is 18.2 Å². The fourth-order valence-electron chi connectivity index (χ4n) is 1.76. The standard InChI is InChI=1S/C15H17N5OS2/c1-10-5-3-6-12(11(10)2)18-14-19-20-15(23-14)22-9-13(21)17-8-4-7-16/h3,5-6H,4,8-9H2,1-2H3,(H,17,21)(H,18,19). The van der Waals surface area contributed by atoms with Crippen LogP contribution in [-0.2, 0) is 4.79 Å². The molecule has 8 heteroatoms. The number of nitrogens with one attached hydrogen (secondary N) is 2. The van der Waals surface area contributed by atoms with E-state index in [1.54, 1.807) is 0 Å². The molecule has 1 amide bonds. The summed E-state index contributed by atoms with van der Waals surface area (Å²) >= 11 is 2.75. The molecule has 1 heterocycles. The van der Waals surface area contributed by atoms with Gasteiger partial charge in [-0.3, -0.25) is 4.79 Å². The monoisotopic (exact) mass is 347 g/mol. The van der Waals surface area contributed by atoms with Crippen LogP contribution in [0.2, 0.25) is 0 Å². The third-order valence-electron chi connectivity index (χ3n) is 3.14. The first-order valence-electron chi connectivity index (χ1n) is 7.03. The second-order valence-corrected chi connectivity index (χ2v) is 6.99. The first kappa shape index (κ1) is 17.2. The number of hydrogen-bond donors (Lipinski definition) is 2. The number of aromatic nitrogens is 2. The zero-order valence-corrected chi connectivity index (χ0v) is 14.6. The van der Waals surface area contributed by atoms with Crippen LogP contribution in [0.1, 0.15) is 17.5 Å². The number of hydrogen-bond acceptors (Lipinski definition) is 7. The van der Waals surface area contributed by atoms with Gasteiger partial charge in [0.1, 0.15) is 0 Å². The highest BCUT2D eigenvalue weighted by molar-refractivity contribution is 8.01. The van der Waals surface area contributed by atoms with Crippen LogP contribution in [0, 0.1) is 25.2 Å². The number of rotatable bonds is 7. The Bertz CT molecular complexity index is 723. The Morgan fingerprint density at radius 2 is 2.22 bits per heavy atom. The van der Waals surface area contributed by atoms with E-state index < -0.39 is 0 Å². The predicted molar refractivity (Wildman–Crippen MR) is 93.1 cm³/mol. The molecule has 23 heavy (non-hydrogen) atoms. The zero-order chi connectivity index (χ0) is 16.7. The number of thioether (sulfide) groups is 1. The van der Waals surface area contributed by atoms with Gasteiger partial charge in [-0.1, -0.05) is 35.2 Å². The van der Waals surface area contributed by atoms with E-state index in [-0.39, 0.29) is 11.7 Å². The molecule has 0 radical (unpaired) electrons. The Balaban J connectivity index is 1.87. The van der Waals surface area contributed by atoms with Gasteiger partial charge >= 0.3 is 0 Å². The van der Waals surface area contributed by atoms with Crippen molar-refractivity contribution < 1.29 is 4.79 Å². The average molecular weight is 347 g/mol. The third-order valence-corrected chi connectivity index (χ3v) is 5.11. The maximum Gasteiger partial charge on any atom is 0.230 e. The number of amides is 1. The van der Waals surface area contributed by atoms with Crippen LogP contribution in [0.25, 0.3) is 0 Å². The minimum Gasteiger partial charge on any atom is -0.354 e. The molecule has 0 unspecified atom stereocenters. The molecule has 0 aliphatic heterocycles. The lowest BCUT2D eigenvalue weighted by Crippen LogP contribution is -2.25. The van der Waals surface area contributed by atoms with Crippen molar-refractivity contribution in [2.24, 2.45) is 0 Å². The summed E-state index contributed by atoms with van der Waals surface area (Å²) in [5, 5.41) is 23.2. The van der Waals surface area contributed by atoms with E-state index in [4.69, 9.17) is 5.26 Å². The number of aryl methyl sites for hydroxylation is 1. The van der Waals surface area contributed by atoms with E-state index in [2.05, 4.69) is 40.7 Å². The summed E-state index contributed by atoms with van der Waals surface area (Å²) < 4.78 is 0.730. The molecule has 2 N–H and O–H groups in total. The van der Waals surface area contributed by atoms with Crippen molar-refractivity contribution in [3.8, 4) is 6.07 Å². The fraction of sp³-hybridized carbons (Fsp3) is 0.333. The van der Waals surface area contributed by atoms with Gasteiger partial charge in [-0.2, -0.15) is 5.26 Å². The molecule has 0 fully saturated rings. The smallest absolute Gasteiger partial charge is 0.230 e. The summed E-state index contributed by atoms with van der Waals surface area (Å²) in [6, 6.07) is 8.04. The molecule has 0 bridgehead atoms. The van der Waals surface area contributed by atoms with Crippen molar-refractivity contribution in [2.45, 2.75) is 24.6 Å². The van der Waals surface area contributed by atoms with Crippen molar-refractivity contribution in [2.75, 3.05) is 17.6 Å². The van der Waals surface area contributed by atoms with Crippen LogP contribution in [-0.4, -0.2) is 28.4 Å². The summed E-state index contributed by atoms with van der Waals surface area (Å²) in [5.74, 6) is 0.160. The topological polar surface area (TPSA) is 90.7 Å². The number of carbonyl (C=O) groups is 1. The second kappa shape index (κ2) is 8.50. The summed E-state index contributed by atoms with van der Waals surface area (Å²) in [6.07, 6.45) is 0.319. The Kier molecular flexibility index (Phi) is 6.38. The molecule has 2 rings (SSSR count). The van der Waals surface area contributed by atoms with Crippen LogP contribution in [0.4, 0.5) is 10.8 Å². The Morgan fingerprint density at radius 1 is 1.39 bits per heavy atom. The molecule has 1 aromatic heterocycles. The van der Waals surface area contributed by atoms with Crippen LogP contribution < -0.4 is 10.6 Å². The predicted octanol–water partition coefficient (Wildman–Crippen LogP) is 3.02. The summed E-state index contributed by atoms with van der Waals surface area (Å²) in [6.45, 7) is 4.50. The SMILES string of the molecule is Cc1cccc(Nc2nnc(SCC(=O)NCCC#N)s2)c1C. The van der Waals surface area contributed by atoms with E-state index >= 15 is 0 Å². The summed E-state index contributed by atoms with van der Waals surface area (Å²) in [5.41, 5.74) is 3.39. The van der Waals surface area contributed by atoms with Gasteiger partial charge in [0.25, 0.3) is 0 Å². The highest BCUT2D eigenvalue weighted by atomic mass is 32.2. The molecule has 0 saturated heterocycles. The number of carbonyl (C=O) groups excluding carboxylic acids is 1. The highest BCUT2D eigenvalue weighted by Crippen LogP contribution is 2.29. The summed E-state index contributed by atoms with van der Waals surface area (Å²) in [7, 11) is 0. The first-order chi connectivity index (χ1) is 11.1. The lowest BCUT2D eigenvalue weighted by atomic mass is 10.1. The minimum atomic E-state index is -0.107. The molecule has 6 nitrogen and oxygen atoms in total. The normalized spacial score (nSPS) is 10.1. The van der Waals surface area contributed by atoms with Gasteiger partial charge in [0, 0.05) is 12.2 Å². The van der Waals surface area contributed by atoms with Crippen molar-refractivity contribution in [1.29, 1.82) is 5.26 Å². The maximum atomic E-state index is 11.6. The van der Waals surface area contributed by atoms with Crippen LogP contribution >= 0.6 is 23.1 Å². The van der Waals surface area contributed by atoms with Crippen LogP contribution in [0.5, 0.6) is 0 Å². The van der Waals surface area contributed by atoms with E-state index in [0.29, 0.717) is 18.1 Å². The molecule has 0 atom stereocenters. The van der Waals surface area contributed by atoms with E-state index in [0.717, 1.165) is 10.0 Å². The molecular weight excluding hydrogens is 330 g/mol. The lowest BCUT2D eigenvalue weighted by molar-refractivity contribution is -0.118. The van der Waals surface area contributed by atoms with Gasteiger partial charge in [-0.25, -0.2) is 0 Å². The minimum absolute atomic E-state index is 0.107. The van der Waals surface area contributed by atoms with Gasteiger partial charge in [-0.05, 0) is 31.0 Å². The Labute approximate surface area is 143 Å². The van der Waals surface area contributed by atoms with Crippen molar-refractivity contribution in [1.82, 2.24) is 15.5 Å². The van der Waals surface area contributed by atoms with Crippen molar-refractivity contribution in [3.63, 3.8) is 0 Å². The van der Waals surface area contributed by atoms with Crippen molar-refractivity contribution >= 4 is 39.8 Å². The fourth-order valence-corrected chi connectivity index (χ4v) is 3.35. The number of benzene rings is 1. The quantitative estimate of drug-likeness (QED) is 0.591.